The first kappa shape index (κ1) is 14.7. The Bertz CT molecular complexity index is 467. The van der Waals surface area contributed by atoms with Crippen molar-refractivity contribution >= 4 is 30.1 Å². The monoisotopic (exact) mass is 299 g/mol. The van der Waals surface area contributed by atoms with E-state index < -0.39 is 0 Å². The Morgan fingerprint density at radius 1 is 1.42 bits per heavy atom. The van der Waals surface area contributed by atoms with Crippen LogP contribution in [0.5, 0.6) is 0 Å². The number of carbonyl (C=O) groups is 1. The van der Waals surface area contributed by atoms with Gasteiger partial charge in [0.2, 0.25) is 0 Å². The van der Waals surface area contributed by atoms with Crippen molar-refractivity contribution < 1.29 is 9.90 Å². The first-order valence-corrected chi connectivity index (χ1v) is 7.35. The summed E-state index contributed by atoms with van der Waals surface area (Å²) >= 11 is 10.2. The molecule has 2 unspecified atom stereocenters. The van der Waals surface area contributed by atoms with Crippen LogP contribution in [0.1, 0.15) is 36.0 Å². The quantitative estimate of drug-likeness (QED) is 0.752. The molecule has 1 aromatic carbocycles. The molecule has 1 aliphatic carbocycles. The van der Waals surface area contributed by atoms with Crippen LogP contribution in [0.4, 0.5) is 0 Å². The molecule has 2 atom stereocenters. The number of carbonyl (C=O) groups excluding carboxylic acids is 1. The summed E-state index contributed by atoms with van der Waals surface area (Å²) in [5.74, 6) is -0.0608. The molecule has 5 heteroatoms. The zero-order valence-corrected chi connectivity index (χ0v) is 12.3. The zero-order chi connectivity index (χ0) is 13.8. The van der Waals surface area contributed by atoms with Gasteiger partial charge in [-0.3, -0.25) is 4.79 Å². The van der Waals surface area contributed by atoms with E-state index in [1.165, 1.54) is 0 Å². The highest BCUT2D eigenvalue weighted by Crippen LogP contribution is 2.24. The summed E-state index contributed by atoms with van der Waals surface area (Å²) in [6.45, 7) is 0.493. The lowest BCUT2D eigenvalue weighted by Gasteiger charge is -2.27. The number of hydrogen-bond donors (Lipinski definition) is 3. The molecule has 1 aromatic rings. The molecule has 0 spiro atoms. The Hall–Kier alpha value is -0.710. The van der Waals surface area contributed by atoms with Gasteiger partial charge in [-0.1, -0.05) is 24.4 Å². The van der Waals surface area contributed by atoms with Gasteiger partial charge in [-0.25, -0.2) is 0 Å². The molecule has 1 fully saturated rings. The zero-order valence-electron chi connectivity index (χ0n) is 10.6. The minimum absolute atomic E-state index is 0.149. The van der Waals surface area contributed by atoms with Crippen molar-refractivity contribution in [3.8, 4) is 0 Å². The molecule has 0 radical (unpaired) electrons. The average Bonchev–Trinajstić information content (AvgIpc) is 2.40. The van der Waals surface area contributed by atoms with Gasteiger partial charge in [0.15, 0.2) is 0 Å². The van der Waals surface area contributed by atoms with Crippen LogP contribution in [0.15, 0.2) is 23.1 Å². The highest BCUT2D eigenvalue weighted by Gasteiger charge is 2.23. The van der Waals surface area contributed by atoms with Crippen LogP contribution in [0.25, 0.3) is 0 Å². The predicted molar refractivity (Wildman–Crippen MR) is 79.0 cm³/mol. The minimum atomic E-state index is -0.305. The molecule has 0 bridgehead atoms. The van der Waals surface area contributed by atoms with Crippen molar-refractivity contribution in [2.24, 2.45) is 5.92 Å². The van der Waals surface area contributed by atoms with Crippen LogP contribution in [-0.4, -0.2) is 23.7 Å². The first-order chi connectivity index (χ1) is 9.08. The SMILES string of the molecule is O=C(NCC1CCCCC1O)c1cc(S)ccc1Cl. The van der Waals surface area contributed by atoms with Crippen LogP contribution >= 0.6 is 24.2 Å². The number of aliphatic hydroxyl groups excluding tert-OH is 1. The standard InChI is InChI=1S/C14H18ClNO2S/c15-12-6-5-10(19)7-11(12)14(18)16-8-9-3-1-2-4-13(9)17/h5-7,9,13,17,19H,1-4,8H2,(H,16,18). The summed E-state index contributed by atoms with van der Waals surface area (Å²) in [6, 6.07) is 5.06. The van der Waals surface area contributed by atoms with Gasteiger partial charge in [-0.05, 0) is 31.0 Å². The van der Waals surface area contributed by atoms with Crippen molar-refractivity contribution in [2.75, 3.05) is 6.54 Å². The number of hydrogen-bond acceptors (Lipinski definition) is 3. The number of benzene rings is 1. The van der Waals surface area contributed by atoms with Crippen LogP contribution in [0.3, 0.4) is 0 Å². The number of aliphatic hydroxyl groups is 1. The van der Waals surface area contributed by atoms with E-state index in [1.807, 2.05) is 0 Å². The summed E-state index contributed by atoms with van der Waals surface area (Å²) in [5.41, 5.74) is 0.430. The Balaban J connectivity index is 1.95. The lowest BCUT2D eigenvalue weighted by Crippen LogP contribution is -2.36. The number of halogens is 1. The van der Waals surface area contributed by atoms with E-state index in [1.54, 1.807) is 18.2 Å². The summed E-state index contributed by atoms with van der Waals surface area (Å²) in [6.07, 6.45) is 3.67. The maximum absolute atomic E-state index is 12.1. The molecule has 1 amide bonds. The van der Waals surface area contributed by atoms with Crippen LogP contribution in [0, 0.1) is 5.92 Å². The van der Waals surface area contributed by atoms with Crippen LogP contribution in [-0.2, 0) is 0 Å². The summed E-state index contributed by atoms with van der Waals surface area (Å²) in [4.78, 5) is 12.8. The van der Waals surface area contributed by atoms with Crippen molar-refractivity contribution in [3.05, 3.63) is 28.8 Å². The van der Waals surface area contributed by atoms with Gasteiger partial charge in [0.05, 0.1) is 16.7 Å². The Kier molecular flexibility index (Phi) is 5.13. The molecule has 19 heavy (non-hydrogen) atoms. The fourth-order valence-corrected chi connectivity index (χ4v) is 2.84. The molecular weight excluding hydrogens is 282 g/mol. The third-order valence-corrected chi connectivity index (χ3v) is 4.20. The number of thiol groups is 1. The third-order valence-electron chi connectivity index (χ3n) is 3.59. The largest absolute Gasteiger partial charge is 0.393 e. The Labute approximate surface area is 123 Å². The first-order valence-electron chi connectivity index (χ1n) is 6.52. The van der Waals surface area contributed by atoms with Gasteiger partial charge in [0, 0.05) is 17.4 Å². The van der Waals surface area contributed by atoms with Crippen molar-refractivity contribution in [1.82, 2.24) is 5.32 Å². The van der Waals surface area contributed by atoms with Gasteiger partial charge in [0.25, 0.3) is 5.91 Å². The van der Waals surface area contributed by atoms with Crippen molar-refractivity contribution in [3.63, 3.8) is 0 Å². The van der Waals surface area contributed by atoms with Crippen molar-refractivity contribution in [1.29, 1.82) is 0 Å². The molecule has 0 aliphatic heterocycles. The lowest BCUT2D eigenvalue weighted by atomic mass is 9.86. The Morgan fingerprint density at radius 2 is 2.16 bits per heavy atom. The van der Waals surface area contributed by atoms with Crippen molar-refractivity contribution in [2.45, 2.75) is 36.7 Å². The molecule has 104 valence electrons. The van der Waals surface area contributed by atoms with Crippen LogP contribution < -0.4 is 5.32 Å². The fourth-order valence-electron chi connectivity index (χ4n) is 2.43. The molecule has 1 aliphatic rings. The fraction of sp³-hybridized carbons (Fsp3) is 0.500. The van der Waals surface area contributed by atoms with Gasteiger partial charge < -0.3 is 10.4 Å². The molecule has 3 nitrogen and oxygen atoms in total. The van der Waals surface area contributed by atoms with Gasteiger partial charge in [0.1, 0.15) is 0 Å². The summed E-state index contributed by atoms with van der Waals surface area (Å²) < 4.78 is 0. The second-order valence-corrected chi connectivity index (χ2v) is 5.91. The molecule has 0 saturated heterocycles. The van der Waals surface area contributed by atoms with E-state index >= 15 is 0 Å². The van der Waals surface area contributed by atoms with E-state index in [-0.39, 0.29) is 17.9 Å². The smallest absolute Gasteiger partial charge is 0.252 e. The van der Waals surface area contributed by atoms with Gasteiger partial charge >= 0.3 is 0 Å². The topological polar surface area (TPSA) is 49.3 Å². The third kappa shape index (κ3) is 3.88. The summed E-state index contributed by atoms with van der Waals surface area (Å²) in [7, 11) is 0. The van der Waals surface area contributed by atoms with Gasteiger partial charge in [-0.15, -0.1) is 12.6 Å². The second-order valence-electron chi connectivity index (χ2n) is 4.99. The van der Waals surface area contributed by atoms with E-state index in [2.05, 4.69) is 17.9 Å². The highest BCUT2D eigenvalue weighted by molar-refractivity contribution is 7.80. The number of amides is 1. The lowest BCUT2D eigenvalue weighted by molar-refractivity contribution is 0.0663. The molecule has 2 rings (SSSR count). The van der Waals surface area contributed by atoms with E-state index in [9.17, 15) is 9.90 Å². The maximum atomic E-state index is 12.1. The van der Waals surface area contributed by atoms with Crippen LogP contribution in [0.2, 0.25) is 5.02 Å². The molecule has 0 heterocycles. The number of rotatable bonds is 3. The minimum Gasteiger partial charge on any atom is -0.393 e. The molecule has 1 saturated carbocycles. The maximum Gasteiger partial charge on any atom is 0.252 e. The number of nitrogens with one attached hydrogen (secondary N) is 1. The Morgan fingerprint density at radius 3 is 2.89 bits per heavy atom. The predicted octanol–water partition coefficient (Wildman–Crippen LogP) is 2.91. The highest BCUT2D eigenvalue weighted by atomic mass is 35.5. The second kappa shape index (κ2) is 6.64. The summed E-state index contributed by atoms with van der Waals surface area (Å²) in [5, 5.41) is 13.1. The molecule has 0 aromatic heterocycles. The van der Waals surface area contributed by atoms with E-state index in [0.717, 1.165) is 25.7 Å². The van der Waals surface area contributed by atoms with E-state index in [4.69, 9.17) is 11.6 Å². The molecule has 2 N–H and O–H groups in total. The normalized spacial score (nSPS) is 23.1. The molecular formula is C14H18ClNO2S. The van der Waals surface area contributed by atoms with Gasteiger partial charge in [-0.2, -0.15) is 0 Å². The average molecular weight is 300 g/mol. The van der Waals surface area contributed by atoms with E-state index in [0.29, 0.717) is 22.0 Å².